The second kappa shape index (κ2) is 6.56. The second-order valence-corrected chi connectivity index (χ2v) is 3.85. The lowest BCUT2D eigenvalue weighted by Gasteiger charge is -2.15. The molecular formula is C13H15F3O3. The van der Waals surface area contributed by atoms with Gasteiger partial charge in [-0.05, 0) is 24.6 Å². The molecule has 1 aromatic rings. The predicted octanol–water partition coefficient (Wildman–Crippen LogP) is 3.35. The summed E-state index contributed by atoms with van der Waals surface area (Å²) in [5.41, 5.74) is -0.231. The molecule has 19 heavy (non-hydrogen) atoms. The summed E-state index contributed by atoms with van der Waals surface area (Å²) in [6, 6.07) is 4.53. The predicted molar refractivity (Wildman–Crippen MR) is 62.4 cm³/mol. The summed E-state index contributed by atoms with van der Waals surface area (Å²) < 4.78 is 47.1. The van der Waals surface area contributed by atoms with Crippen molar-refractivity contribution in [2.45, 2.75) is 25.6 Å². The summed E-state index contributed by atoms with van der Waals surface area (Å²) in [7, 11) is 1.39. The lowest BCUT2D eigenvalue weighted by Crippen LogP contribution is -2.12. The Balaban J connectivity index is 2.79. The summed E-state index contributed by atoms with van der Waals surface area (Å²) in [6.45, 7) is 1.93. The molecule has 0 aromatic heterocycles. The molecule has 0 aliphatic rings. The van der Waals surface area contributed by atoms with Gasteiger partial charge in [-0.1, -0.05) is 12.1 Å². The first-order valence-corrected chi connectivity index (χ1v) is 5.74. The second-order valence-electron chi connectivity index (χ2n) is 3.85. The van der Waals surface area contributed by atoms with Gasteiger partial charge in [0.05, 0.1) is 24.7 Å². The molecule has 1 rings (SSSR count). The van der Waals surface area contributed by atoms with Crippen molar-refractivity contribution in [2.24, 2.45) is 0 Å². The number of alkyl halides is 3. The van der Waals surface area contributed by atoms with Crippen LogP contribution < -0.4 is 0 Å². The lowest BCUT2D eigenvalue weighted by atomic mass is 10.0. The Bertz CT molecular complexity index is 412. The zero-order valence-electron chi connectivity index (χ0n) is 10.7. The molecule has 1 unspecified atom stereocenters. The highest BCUT2D eigenvalue weighted by atomic mass is 19.4. The standard InChI is InChI=1S/C13H15F3O3/c1-3-19-12(17)8-11(18-2)9-4-6-10(7-5-9)13(14,15)16/h4-7,11H,3,8H2,1-2H3. The van der Waals surface area contributed by atoms with Crippen LogP contribution in [0.25, 0.3) is 0 Å². The summed E-state index contributed by atoms with van der Waals surface area (Å²) in [4.78, 5) is 11.3. The maximum absolute atomic E-state index is 12.4. The summed E-state index contributed by atoms with van der Waals surface area (Å²) in [5, 5.41) is 0. The molecule has 0 bridgehead atoms. The largest absolute Gasteiger partial charge is 0.466 e. The van der Waals surface area contributed by atoms with Gasteiger partial charge in [0, 0.05) is 7.11 Å². The van der Waals surface area contributed by atoms with Crippen LogP contribution in [0.3, 0.4) is 0 Å². The van der Waals surface area contributed by atoms with E-state index in [2.05, 4.69) is 0 Å². The molecule has 106 valence electrons. The summed E-state index contributed by atoms with van der Waals surface area (Å²) >= 11 is 0. The van der Waals surface area contributed by atoms with E-state index < -0.39 is 23.8 Å². The van der Waals surface area contributed by atoms with Gasteiger partial charge in [-0.25, -0.2) is 0 Å². The summed E-state index contributed by atoms with van der Waals surface area (Å²) in [6.07, 6.45) is -5.01. The number of carbonyl (C=O) groups excluding carboxylic acids is 1. The third kappa shape index (κ3) is 4.55. The van der Waals surface area contributed by atoms with Gasteiger partial charge >= 0.3 is 12.1 Å². The van der Waals surface area contributed by atoms with Crippen LogP contribution in [0.15, 0.2) is 24.3 Å². The van der Waals surface area contributed by atoms with Gasteiger partial charge in [0.15, 0.2) is 0 Å². The van der Waals surface area contributed by atoms with E-state index in [1.165, 1.54) is 19.2 Å². The highest BCUT2D eigenvalue weighted by Crippen LogP contribution is 2.30. The molecule has 0 radical (unpaired) electrons. The zero-order valence-corrected chi connectivity index (χ0v) is 10.7. The fraction of sp³-hybridized carbons (Fsp3) is 0.462. The molecule has 0 saturated heterocycles. The van der Waals surface area contributed by atoms with Crippen LogP contribution in [0, 0.1) is 0 Å². The fourth-order valence-corrected chi connectivity index (χ4v) is 1.60. The number of hydrogen-bond donors (Lipinski definition) is 0. The molecule has 0 aliphatic heterocycles. The van der Waals surface area contributed by atoms with Gasteiger partial charge in [-0.2, -0.15) is 13.2 Å². The van der Waals surface area contributed by atoms with Crippen molar-refractivity contribution in [3.8, 4) is 0 Å². The first-order valence-electron chi connectivity index (χ1n) is 5.74. The maximum Gasteiger partial charge on any atom is 0.416 e. The van der Waals surface area contributed by atoms with Crippen molar-refractivity contribution in [3.63, 3.8) is 0 Å². The number of ether oxygens (including phenoxy) is 2. The van der Waals surface area contributed by atoms with Crippen LogP contribution in [0.2, 0.25) is 0 Å². The van der Waals surface area contributed by atoms with Crippen molar-refractivity contribution in [2.75, 3.05) is 13.7 Å². The van der Waals surface area contributed by atoms with Gasteiger partial charge in [0.2, 0.25) is 0 Å². The van der Waals surface area contributed by atoms with E-state index in [0.29, 0.717) is 5.56 Å². The van der Waals surface area contributed by atoms with E-state index in [0.717, 1.165) is 12.1 Å². The Kier molecular flexibility index (Phi) is 5.35. The normalized spacial score (nSPS) is 13.1. The topological polar surface area (TPSA) is 35.5 Å². The van der Waals surface area contributed by atoms with Gasteiger partial charge in [-0.3, -0.25) is 4.79 Å². The minimum Gasteiger partial charge on any atom is -0.466 e. The molecule has 0 saturated carbocycles. The van der Waals surface area contributed by atoms with Crippen molar-refractivity contribution in [1.82, 2.24) is 0 Å². The molecule has 3 nitrogen and oxygen atoms in total. The van der Waals surface area contributed by atoms with Gasteiger partial charge in [0.25, 0.3) is 0 Å². The Labute approximate surface area is 109 Å². The average Bonchev–Trinajstić information content (AvgIpc) is 2.35. The van der Waals surface area contributed by atoms with E-state index in [1.54, 1.807) is 6.92 Å². The van der Waals surface area contributed by atoms with E-state index in [-0.39, 0.29) is 13.0 Å². The molecule has 0 spiro atoms. The van der Waals surface area contributed by atoms with Crippen LogP contribution in [0.4, 0.5) is 13.2 Å². The molecule has 0 amide bonds. The molecule has 0 N–H and O–H groups in total. The average molecular weight is 276 g/mol. The zero-order chi connectivity index (χ0) is 14.5. The molecule has 0 aliphatic carbocycles. The third-order valence-corrected chi connectivity index (χ3v) is 2.55. The molecular weight excluding hydrogens is 261 g/mol. The highest BCUT2D eigenvalue weighted by Gasteiger charge is 2.30. The van der Waals surface area contributed by atoms with Crippen molar-refractivity contribution < 1.29 is 27.4 Å². The van der Waals surface area contributed by atoms with Crippen molar-refractivity contribution >= 4 is 5.97 Å². The SMILES string of the molecule is CCOC(=O)CC(OC)c1ccc(C(F)(F)F)cc1. The Morgan fingerprint density at radius 2 is 1.84 bits per heavy atom. The Hall–Kier alpha value is -1.56. The minimum atomic E-state index is -4.37. The van der Waals surface area contributed by atoms with Gasteiger partial charge in [-0.15, -0.1) is 0 Å². The van der Waals surface area contributed by atoms with Crippen LogP contribution in [0.5, 0.6) is 0 Å². The number of carbonyl (C=O) groups is 1. The monoisotopic (exact) mass is 276 g/mol. The Morgan fingerprint density at radius 3 is 2.26 bits per heavy atom. The first-order chi connectivity index (χ1) is 8.88. The number of rotatable bonds is 5. The van der Waals surface area contributed by atoms with Crippen LogP contribution in [-0.2, 0) is 20.4 Å². The number of halogens is 3. The number of hydrogen-bond acceptors (Lipinski definition) is 3. The van der Waals surface area contributed by atoms with Crippen molar-refractivity contribution in [3.05, 3.63) is 35.4 Å². The Morgan fingerprint density at radius 1 is 1.26 bits per heavy atom. The van der Waals surface area contributed by atoms with Gasteiger partial charge in [0.1, 0.15) is 0 Å². The van der Waals surface area contributed by atoms with Crippen LogP contribution in [-0.4, -0.2) is 19.7 Å². The minimum absolute atomic E-state index is 0.0320. The lowest BCUT2D eigenvalue weighted by molar-refractivity contribution is -0.146. The number of methoxy groups -OCH3 is 1. The number of esters is 1. The molecule has 1 atom stereocenters. The van der Waals surface area contributed by atoms with E-state index in [4.69, 9.17) is 9.47 Å². The molecule has 0 heterocycles. The quantitative estimate of drug-likeness (QED) is 0.774. The smallest absolute Gasteiger partial charge is 0.416 e. The van der Waals surface area contributed by atoms with Crippen LogP contribution >= 0.6 is 0 Å². The first kappa shape index (κ1) is 15.5. The maximum atomic E-state index is 12.4. The fourth-order valence-electron chi connectivity index (χ4n) is 1.60. The van der Waals surface area contributed by atoms with Crippen molar-refractivity contribution in [1.29, 1.82) is 0 Å². The highest BCUT2D eigenvalue weighted by molar-refractivity contribution is 5.70. The van der Waals surface area contributed by atoms with Gasteiger partial charge < -0.3 is 9.47 Å². The van der Waals surface area contributed by atoms with E-state index in [9.17, 15) is 18.0 Å². The third-order valence-electron chi connectivity index (χ3n) is 2.55. The number of benzene rings is 1. The molecule has 1 aromatic carbocycles. The molecule has 6 heteroatoms. The van der Waals surface area contributed by atoms with Crippen LogP contribution in [0.1, 0.15) is 30.6 Å². The van der Waals surface area contributed by atoms with E-state index >= 15 is 0 Å². The molecule has 0 fully saturated rings. The van der Waals surface area contributed by atoms with E-state index in [1.807, 2.05) is 0 Å². The summed E-state index contributed by atoms with van der Waals surface area (Å²) in [5.74, 6) is -0.450.